The van der Waals surface area contributed by atoms with Crippen LogP contribution in [-0.2, 0) is 4.79 Å². The van der Waals surface area contributed by atoms with Crippen LogP contribution in [0.25, 0.3) is 0 Å². The number of rotatable bonds is 6. The molecule has 0 aromatic heterocycles. The first-order chi connectivity index (χ1) is 13.0. The molecule has 1 amide bonds. The fourth-order valence-corrected chi connectivity index (χ4v) is 4.02. The number of likely N-dealkylation sites (tertiary alicyclic amines) is 2. The zero-order valence-electron chi connectivity index (χ0n) is 16.4. The van der Waals surface area contributed by atoms with Gasteiger partial charge >= 0.3 is 0 Å². The second kappa shape index (κ2) is 9.33. The zero-order chi connectivity index (χ0) is 19.2. The van der Waals surface area contributed by atoms with Crippen molar-refractivity contribution < 1.29 is 14.3 Å². The van der Waals surface area contributed by atoms with Gasteiger partial charge in [0.2, 0.25) is 0 Å². The maximum absolute atomic E-state index is 12.3. The number of ether oxygens (including phenoxy) is 1. The van der Waals surface area contributed by atoms with Crippen molar-refractivity contribution in [3.05, 3.63) is 29.8 Å². The van der Waals surface area contributed by atoms with Crippen molar-refractivity contribution in [3.63, 3.8) is 0 Å². The Bertz CT molecular complexity index is 639. The van der Waals surface area contributed by atoms with E-state index in [1.54, 1.807) is 24.3 Å². The minimum atomic E-state index is -0.0825. The number of piperidine rings is 2. The van der Waals surface area contributed by atoms with Gasteiger partial charge in [-0.25, -0.2) is 0 Å². The second-order valence-corrected chi connectivity index (χ2v) is 7.81. The van der Waals surface area contributed by atoms with Crippen molar-refractivity contribution >= 4 is 11.7 Å². The third-order valence-electron chi connectivity index (χ3n) is 5.65. The van der Waals surface area contributed by atoms with E-state index in [-0.39, 0.29) is 24.3 Å². The molecule has 0 unspecified atom stereocenters. The molecule has 0 radical (unpaired) electrons. The highest BCUT2D eigenvalue weighted by Gasteiger charge is 2.28. The van der Waals surface area contributed by atoms with Crippen molar-refractivity contribution in [3.8, 4) is 5.75 Å². The predicted octanol–water partition coefficient (Wildman–Crippen LogP) is 1.94. The molecule has 2 aliphatic heterocycles. The van der Waals surface area contributed by atoms with Crippen LogP contribution in [0.3, 0.4) is 0 Å². The summed E-state index contributed by atoms with van der Waals surface area (Å²) in [6.45, 7) is 5.93. The van der Waals surface area contributed by atoms with Gasteiger partial charge < -0.3 is 15.0 Å². The Morgan fingerprint density at radius 2 is 1.81 bits per heavy atom. The fourth-order valence-electron chi connectivity index (χ4n) is 4.02. The summed E-state index contributed by atoms with van der Waals surface area (Å²) in [5.74, 6) is 0.540. The van der Waals surface area contributed by atoms with Gasteiger partial charge in [-0.1, -0.05) is 0 Å². The molecule has 0 saturated carbocycles. The van der Waals surface area contributed by atoms with Gasteiger partial charge in [-0.15, -0.1) is 0 Å². The SMILES string of the molecule is CC(=O)c1ccc(OCC(=O)N[C@@H]2CCCN(C3CCN(C)CC3)C2)cc1. The molecule has 2 heterocycles. The number of carbonyl (C=O) groups is 2. The van der Waals surface area contributed by atoms with Gasteiger partial charge in [0.1, 0.15) is 5.75 Å². The van der Waals surface area contributed by atoms with E-state index in [0.717, 1.165) is 39.0 Å². The maximum atomic E-state index is 12.3. The molecule has 1 atom stereocenters. The van der Waals surface area contributed by atoms with E-state index in [0.29, 0.717) is 17.4 Å². The van der Waals surface area contributed by atoms with Gasteiger partial charge in [-0.2, -0.15) is 0 Å². The lowest BCUT2D eigenvalue weighted by atomic mass is 9.98. The number of hydrogen-bond acceptors (Lipinski definition) is 5. The van der Waals surface area contributed by atoms with Crippen LogP contribution < -0.4 is 10.1 Å². The van der Waals surface area contributed by atoms with E-state index >= 15 is 0 Å². The molecule has 27 heavy (non-hydrogen) atoms. The monoisotopic (exact) mass is 373 g/mol. The van der Waals surface area contributed by atoms with Crippen molar-refractivity contribution in [2.75, 3.05) is 39.8 Å². The number of nitrogens with zero attached hydrogens (tertiary/aromatic N) is 2. The molecule has 1 aromatic rings. The topological polar surface area (TPSA) is 61.9 Å². The number of benzene rings is 1. The molecule has 0 spiro atoms. The van der Waals surface area contributed by atoms with E-state index < -0.39 is 0 Å². The highest BCUT2D eigenvalue weighted by atomic mass is 16.5. The number of amides is 1. The van der Waals surface area contributed by atoms with Crippen LogP contribution >= 0.6 is 0 Å². The lowest BCUT2D eigenvalue weighted by Gasteiger charge is -2.41. The smallest absolute Gasteiger partial charge is 0.258 e. The molecule has 0 aliphatic carbocycles. The molecule has 1 aromatic carbocycles. The Morgan fingerprint density at radius 3 is 2.48 bits per heavy atom. The maximum Gasteiger partial charge on any atom is 0.258 e. The Kier molecular flexibility index (Phi) is 6.85. The van der Waals surface area contributed by atoms with E-state index in [2.05, 4.69) is 22.2 Å². The number of ketones is 1. The fraction of sp³-hybridized carbons (Fsp3) is 0.619. The predicted molar refractivity (Wildman–Crippen MR) is 105 cm³/mol. The number of Topliss-reactive ketones (excluding diaryl/α,β-unsaturated/α-hetero) is 1. The minimum Gasteiger partial charge on any atom is -0.484 e. The lowest BCUT2D eigenvalue weighted by molar-refractivity contribution is -0.124. The van der Waals surface area contributed by atoms with E-state index in [9.17, 15) is 9.59 Å². The zero-order valence-corrected chi connectivity index (χ0v) is 16.4. The summed E-state index contributed by atoms with van der Waals surface area (Å²) < 4.78 is 5.56. The summed E-state index contributed by atoms with van der Waals surface area (Å²) in [5, 5.41) is 3.13. The number of hydrogen-bond donors (Lipinski definition) is 1. The Hall–Kier alpha value is -1.92. The molecule has 0 bridgehead atoms. The van der Waals surface area contributed by atoms with Crippen LogP contribution in [-0.4, -0.2) is 73.4 Å². The molecular formula is C21H31N3O3. The van der Waals surface area contributed by atoms with E-state index in [1.807, 2.05) is 0 Å². The van der Waals surface area contributed by atoms with Gasteiger partial charge in [0.15, 0.2) is 12.4 Å². The van der Waals surface area contributed by atoms with Gasteiger partial charge in [0.25, 0.3) is 5.91 Å². The summed E-state index contributed by atoms with van der Waals surface area (Å²) in [5.41, 5.74) is 0.642. The minimum absolute atomic E-state index is 0.00411. The van der Waals surface area contributed by atoms with Crippen LogP contribution in [0.4, 0.5) is 0 Å². The van der Waals surface area contributed by atoms with E-state index in [1.165, 1.54) is 19.8 Å². The van der Waals surface area contributed by atoms with Crippen molar-refractivity contribution in [1.29, 1.82) is 0 Å². The average Bonchev–Trinajstić information content (AvgIpc) is 2.67. The largest absolute Gasteiger partial charge is 0.484 e. The number of nitrogens with one attached hydrogen (secondary N) is 1. The van der Waals surface area contributed by atoms with E-state index in [4.69, 9.17) is 4.74 Å². The Balaban J connectivity index is 1.42. The summed E-state index contributed by atoms with van der Waals surface area (Å²) in [7, 11) is 2.18. The van der Waals surface area contributed by atoms with Crippen molar-refractivity contribution in [2.45, 2.75) is 44.7 Å². The Labute approximate surface area is 161 Å². The second-order valence-electron chi connectivity index (χ2n) is 7.81. The quantitative estimate of drug-likeness (QED) is 0.772. The molecule has 6 heteroatoms. The van der Waals surface area contributed by atoms with Gasteiger partial charge in [-0.3, -0.25) is 14.5 Å². The molecule has 1 N–H and O–H groups in total. The highest BCUT2D eigenvalue weighted by molar-refractivity contribution is 5.94. The Morgan fingerprint density at radius 1 is 1.11 bits per heavy atom. The molecule has 2 aliphatic rings. The van der Waals surface area contributed by atoms with Crippen LogP contribution in [0.15, 0.2) is 24.3 Å². The molecule has 2 fully saturated rings. The standard InChI is InChI=1S/C21H31N3O3/c1-16(25)17-5-7-20(8-6-17)27-15-21(26)22-18-4-3-11-24(14-18)19-9-12-23(2)13-10-19/h5-8,18-19H,3-4,9-15H2,1-2H3,(H,22,26)/t18-/m1/s1. The third-order valence-corrected chi connectivity index (χ3v) is 5.65. The normalized spacial score (nSPS) is 22.4. The summed E-state index contributed by atoms with van der Waals surface area (Å²) in [6, 6.07) is 7.75. The first-order valence-corrected chi connectivity index (χ1v) is 9.97. The van der Waals surface area contributed by atoms with Crippen LogP contribution in [0, 0.1) is 0 Å². The third kappa shape index (κ3) is 5.78. The van der Waals surface area contributed by atoms with Crippen molar-refractivity contribution in [2.24, 2.45) is 0 Å². The van der Waals surface area contributed by atoms with Crippen LogP contribution in [0.2, 0.25) is 0 Å². The van der Waals surface area contributed by atoms with Crippen LogP contribution in [0.5, 0.6) is 5.75 Å². The molecule has 3 rings (SSSR count). The van der Waals surface area contributed by atoms with Gasteiger partial charge in [-0.05, 0) is 83.6 Å². The number of carbonyl (C=O) groups excluding carboxylic acids is 2. The molecular weight excluding hydrogens is 342 g/mol. The van der Waals surface area contributed by atoms with Gasteiger partial charge in [0, 0.05) is 24.2 Å². The summed E-state index contributed by atoms with van der Waals surface area (Å²) >= 11 is 0. The lowest BCUT2D eigenvalue weighted by Crippen LogP contribution is -2.53. The first-order valence-electron chi connectivity index (χ1n) is 9.97. The summed E-state index contributed by atoms with van der Waals surface area (Å²) in [6.07, 6.45) is 4.60. The first kappa shape index (κ1) is 19.8. The summed E-state index contributed by atoms with van der Waals surface area (Å²) in [4.78, 5) is 28.5. The van der Waals surface area contributed by atoms with Gasteiger partial charge in [0.05, 0.1) is 0 Å². The molecule has 6 nitrogen and oxygen atoms in total. The van der Waals surface area contributed by atoms with Crippen LogP contribution in [0.1, 0.15) is 43.0 Å². The highest BCUT2D eigenvalue weighted by Crippen LogP contribution is 2.20. The molecule has 2 saturated heterocycles. The molecule has 148 valence electrons. The van der Waals surface area contributed by atoms with Crippen molar-refractivity contribution in [1.82, 2.24) is 15.1 Å². The average molecular weight is 373 g/mol.